The van der Waals surface area contributed by atoms with Gasteiger partial charge in [0.25, 0.3) is 5.91 Å². The van der Waals surface area contributed by atoms with Crippen molar-refractivity contribution in [3.63, 3.8) is 0 Å². The molecule has 0 saturated heterocycles. The number of amides is 4. The molecule has 7 nitrogen and oxygen atoms in total. The summed E-state index contributed by atoms with van der Waals surface area (Å²) in [6.07, 6.45) is 0. The summed E-state index contributed by atoms with van der Waals surface area (Å²) in [7, 11) is 0. The zero-order valence-corrected chi connectivity index (χ0v) is 15.0. The summed E-state index contributed by atoms with van der Waals surface area (Å²) < 4.78 is 0. The molecule has 2 aromatic carbocycles. The van der Waals surface area contributed by atoms with Crippen LogP contribution in [-0.2, 0) is 0 Å². The molecule has 0 atom stereocenters. The van der Waals surface area contributed by atoms with E-state index in [0.717, 1.165) is 0 Å². The van der Waals surface area contributed by atoms with Crippen molar-refractivity contribution in [3.8, 4) is 0 Å². The third-order valence-electron chi connectivity index (χ3n) is 3.28. The first kappa shape index (κ1) is 19.6. The highest BCUT2D eigenvalue weighted by atomic mass is 35.5. The van der Waals surface area contributed by atoms with Crippen molar-refractivity contribution < 1.29 is 14.4 Å². The predicted molar refractivity (Wildman–Crippen MR) is 101 cm³/mol. The van der Waals surface area contributed by atoms with Crippen LogP contribution in [0, 0.1) is 0 Å². The Bertz CT molecular complexity index is 843. The molecule has 136 valence electrons. The topological polar surface area (TPSA) is 113 Å². The van der Waals surface area contributed by atoms with Crippen LogP contribution in [0.5, 0.6) is 0 Å². The molecule has 0 aliphatic rings. The molecular formula is C17H16Cl2N4O3. The zero-order chi connectivity index (χ0) is 19.1. The number of nitrogens with one attached hydrogen (secondary N) is 3. The molecule has 9 heteroatoms. The second-order valence-corrected chi connectivity index (χ2v) is 6.03. The van der Waals surface area contributed by atoms with Gasteiger partial charge in [-0.2, -0.15) is 0 Å². The van der Waals surface area contributed by atoms with Crippen molar-refractivity contribution in [2.24, 2.45) is 5.73 Å². The summed E-state index contributed by atoms with van der Waals surface area (Å²) in [4.78, 5) is 34.9. The van der Waals surface area contributed by atoms with E-state index < -0.39 is 11.9 Å². The Hall–Kier alpha value is -2.77. The number of halogens is 2. The maximum absolute atomic E-state index is 12.0. The lowest BCUT2D eigenvalue weighted by Gasteiger charge is -2.09. The Morgan fingerprint density at radius 3 is 2.31 bits per heavy atom. The molecule has 4 amide bonds. The first-order valence-corrected chi connectivity index (χ1v) is 8.30. The Kier molecular flexibility index (Phi) is 6.82. The molecule has 0 radical (unpaired) electrons. The number of hydrogen-bond acceptors (Lipinski definition) is 3. The summed E-state index contributed by atoms with van der Waals surface area (Å²) in [6.45, 7) is 0.419. The number of benzene rings is 2. The smallest absolute Gasteiger partial charge is 0.319 e. The van der Waals surface area contributed by atoms with E-state index >= 15 is 0 Å². The fraction of sp³-hybridized carbons (Fsp3) is 0.118. The molecule has 0 saturated carbocycles. The SMILES string of the molecule is NC(=O)c1cccc(NC(=O)NCCNC(=O)c2ccc(Cl)c(Cl)c2)c1. The number of rotatable bonds is 6. The van der Waals surface area contributed by atoms with E-state index in [1.165, 1.54) is 18.2 Å². The molecule has 0 bridgehead atoms. The van der Waals surface area contributed by atoms with Crippen LogP contribution >= 0.6 is 23.2 Å². The second kappa shape index (κ2) is 9.07. The van der Waals surface area contributed by atoms with Crippen LogP contribution in [0.1, 0.15) is 20.7 Å². The average Bonchev–Trinajstić information content (AvgIpc) is 2.61. The van der Waals surface area contributed by atoms with Crippen LogP contribution in [0.2, 0.25) is 10.0 Å². The Morgan fingerprint density at radius 2 is 1.62 bits per heavy atom. The van der Waals surface area contributed by atoms with Crippen LogP contribution in [0.3, 0.4) is 0 Å². The van der Waals surface area contributed by atoms with Crippen molar-refractivity contribution >= 4 is 46.7 Å². The summed E-state index contributed by atoms with van der Waals surface area (Å²) >= 11 is 11.7. The van der Waals surface area contributed by atoms with Gasteiger partial charge in [-0.25, -0.2) is 4.79 Å². The molecule has 26 heavy (non-hydrogen) atoms. The largest absolute Gasteiger partial charge is 0.366 e. The summed E-state index contributed by atoms with van der Waals surface area (Å²) in [5.41, 5.74) is 6.27. The van der Waals surface area contributed by atoms with E-state index in [1.54, 1.807) is 24.3 Å². The second-order valence-electron chi connectivity index (χ2n) is 5.21. The predicted octanol–water partition coefficient (Wildman–Crippen LogP) is 2.64. The molecule has 2 aromatic rings. The highest BCUT2D eigenvalue weighted by molar-refractivity contribution is 6.42. The van der Waals surface area contributed by atoms with Crippen LogP contribution in [0.15, 0.2) is 42.5 Å². The molecule has 0 aliphatic carbocycles. The quantitative estimate of drug-likeness (QED) is 0.564. The first-order chi connectivity index (χ1) is 12.4. The number of urea groups is 1. The standard InChI is InChI=1S/C17H16Cl2N4O3/c18-13-5-4-11(9-14(13)19)16(25)21-6-7-22-17(26)23-12-3-1-2-10(8-12)15(20)24/h1-5,8-9H,6-7H2,(H2,20,24)(H,21,25)(H2,22,23,26). The molecule has 5 N–H and O–H groups in total. The number of nitrogens with two attached hydrogens (primary N) is 1. The van der Waals surface area contributed by atoms with Crippen LogP contribution < -0.4 is 21.7 Å². The van der Waals surface area contributed by atoms with E-state index in [2.05, 4.69) is 16.0 Å². The minimum absolute atomic E-state index is 0.203. The van der Waals surface area contributed by atoms with E-state index in [-0.39, 0.29) is 29.6 Å². The van der Waals surface area contributed by atoms with Gasteiger partial charge in [-0.1, -0.05) is 29.3 Å². The van der Waals surface area contributed by atoms with Crippen molar-refractivity contribution in [1.82, 2.24) is 10.6 Å². The number of anilines is 1. The molecule has 0 aromatic heterocycles. The van der Waals surface area contributed by atoms with Gasteiger partial charge in [0.1, 0.15) is 0 Å². The zero-order valence-electron chi connectivity index (χ0n) is 13.5. The van der Waals surface area contributed by atoms with Crippen molar-refractivity contribution in [3.05, 3.63) is 63.6 Å². The lowest BCUT2D eigenvalue weighted by Crippen LogP contribution is -2.36. The fourth-order valence-corrected chi connectivity index (χ4v) is 2.32. The van der Waals surface area contributed by atoms with Gasteiger partial charge < -0.3 is 21.7 Å². The Morgan fingerprint density at radius 1 is 0.885 bits per heavy atom. The van der Waals surface area contributed by atoms with Crippen molar-refractivity contribution in [2.45, 2.75) is 0 Å². The molecule has 2 rings (SSSR count). The third kappa shape index (κ3) is 5.65. The van der Waals surface area contributed by atoms with Gasteiger partial charge in [-0.15, -0.1) is 0 Å². The molecule has 0 spiro atoms. The van der Waals surface area contributed by atoms with Crippen LogP contribution in [0.25, 0.3) is 0 Å². The molecular weight excluding hydrogens is 379 g/mol. The van der Waals surface area contributed by atoms with Gasteiger partial charge in [-0.3, -0.25) is 9.59 Å². The highest BCUT2D eigenvalue weighted by Crippen LogP contribution is 2.22. The van der Waals surface area contributed by atoms with Gasteiger partial charge in [-0.05, 0) is 36.4 Å². The van der Waals surface area contributed by atoms with E-state index in [0.29, 0.717) is 16.3 Å². The highest BCUT2D eigenvalue weighted by Gasteiger charge is 2.08. The number of hydrogen-bond donors (Lipinski definition) is 4. The minimum atomic E-state index is -0.584. The van der Waals surface area contributed by atoms with E-state index in [4.69, 9.17) is 28.9 Å². The van der Waals surface area contributed by atoms with E-state index in [1.807, 2.05) is 0 Å². The Labute approximate surface area is 159 Å². The number of carbonyl (C=O) groups excluding carboxylic acids is 3. The average molecular weight is 395 g/mol. The monoisotopic (exact) mass is 394 g/mol. The molecule has 0 heterocycles. The van der Waals surface area contributed by atoms with Crippen molar-refractivity contribution in [1.29, 1.82) is 0 Å². The van der Waals surface area contributed by atoms with Crippen LogP contribution in [-0.4, -0.2) is 30.9 Å². The van der Waals surface area contributed by atoms with Gasteiger partial charge >= 0.3 is 6.03 Å². The molecule has 0 fully saturated rings. The molecule has 0 unspecified atom stereocenters. The lowest BCUT2D eigenvalue weighted by atomic mass is 10.2. The fourth-order valence-electron chi connectivity index (χ4n) is 2.02. The van der Waals surface area contributed by atoms with E-state index in [9.17, 15) is 14.4 Å². The summed E-state index contributed by atoms with van der Waals surface area (Å²) in [6, 6.07) is 10.3. The van der Waals surface area contributed by atoms with Gasteiger partial charge in [0.05, 0.1) is 10.0 Å². The summed E-state index contributed by atoms with van der Waals surface area (Å²) in [5, 5.41) is 8.44. The number of carbonyl (C=O) groups is 3. The van der Waals surface area contributed by atoms with Gasteiger partial charge in [0.15, 0.2) is 0 Å². The summed E-state index contributed by atoms with van der Waals surface area (Å²) in [5.74, 6) is -0.918. The Balaban J connectivity index is 1.76. The lowest BCUT2D eigenvalue weighted by molar-refractivity contribution is 0.0952. The number of primary amides is 1. The molecule has 0 aliphatic heterocycles. The van der Waals surface area contributed by atoms with Crippen LogP contribution in [0.4, 0.5) is 10.5 Å². The third-order valence-corrected chi connectivity index (χ3v) is 4.02. The maximum Gasteiger partial charge on any atom is 0.319 e. The normalized spacial score (nSPS) is 10.1. The van der Waals surface area contributed by atoms with Gasteiger partial charge in [0.2, 0.25) is 5.91 Å². The minimum Gasteiger partial charge on any atom is -0.366 e. The first-order valence-electron chi connectivity index (χ1n) is 7.55. The van der Waals surface area contributed by atoms with Crippen molar-refractivity contribution in [2.75, 3.05) is 18.4 Å². The van der Waals surface area contributed by atoms with Gasteiger partial charge in [0, 0.05) is 29.9 Å². The maximum atomic E-state index is 12.0.